The second-order valence-corrected chi connectivity index (χ2v) is 5.20. The number of methoxy groups -OCH3 is 2. The fraction of sp³-hybridized carbons (Fsp3) is 0.500. The molecule has 5 nitrogen and oxygen atoms in total. The summed E-state index contributed by atoms with van der Waals surface area (Å²) in [5.41, 5.74) is 1.53. The molecule has 1 atom stereocenters. The van der Waals surface area contributed by atoms with Crippen molar-refractivity contribution in [3.8, 4) is 0 Å². The van der Waals surface area contributed by atoms with Gasteiger partial charge < -0.3 is 19.9 Å². The summed E-state index contributed by atoms with van der Waals surface area (Å²) in [5, 5.41) is 12.3. The van der Waals surface area contributed by atoms with Crippen molar-refractivity contribution in [2.24, 2.45) is 0 Å². The Balaban J connectivity index is 2.65. The van der Waals surface area contributed by atoms with Crippen LogP contribution in [0.15, 0.2) is 22.7 Å². The third-order valence-corrected chi connectivity index (χ3v) is 3.64. The van der Waals surface area contributed by atoms with Gasteiger partial charge in [-0.15, -0.1) is 0 Å². The molecule has 20 heavy (non-hydrogen) atoms. The number of aliphatic hydroxyl groups is 1. The van der Waals surface area contributed by atoms with Gasteiger partial charge in [0.1, 0.15) is 0 Å². The van der Waals surface area contributed by atoms with Crippen molar-refractivity contribution in [3.63, 3.8) is 0 Å². The number of halogens is 1. The lowest BCUT2D eigenvalue weighted by atomic mass is 10.1. The Hall–Kier alpha value is -0.950. The molecular formula is C14H20BrNO4. The van der Waals surface area contributed by atoms with E-state index < -0.39 is 0 Å². The maximum absolute atomic E-state index is 11.4. The predicted molar refractivity (Wildman–Crippen MR) is 79.7 cm³/mol. The van der Waals surface area contributed by atoms with Crippen LogP contribution in [0.25, 0.3) is 0 Å². The van der Waals surface area contributed by atoms with Crippen LogP contribution in [-0.2, 0) is 16.0 Å². The molecule has 0 heterocycles. The van der Waals surface area contributed by atoms with Crippen LogP contribution in [0.5, 0.6) is 0 Å². The van der Waals surface area contributed by atoms with Crippen LogP contribution in [0.4, 0.5) is 0 Å². The van der Waals surface area contributed by atoms with E-state index in [2.05, 4.69) is 26.0 Å². The fourth-order valence-electron chi connectivity index (χ4n) is 1.79. The van der Waals surface area contributed by atoms with Gasteiger partial charge in [0.15, 0.2) is 0 Å². The maximum atomic E-state index is 11.4. The Bertz CT molecular complexity index is 433. The second kappa shape index (κ2) is 9.07. The molecule has 0 aliphatic carbocycles. The number of nitrogens with one attached hydrogen (secondary N) is 1. The van der Waals surface area contributed by atoms with E-state index in [1.165, 1.54) is 7.11 Å². The smallest absolute Gasteiger partial charge is 0.337 e. The molecule has 0 saturated heterocycles. The molecule has 1 rings (SSSR count). The lowest BCUT2D eigenvalue weighted by Gasteiger charge is -2.17. The molecule has 6 heteroatoms. The lowest BCUT2D eigenvalue weighted by Crippen LogP contribution is -2.33. The van der Waals surface area contributed by atoms with Crippen molar-refractivity contribution in [2.45, 2.75) is 19.0 Å². The van der Waals surface area contributed by atoms with Gasteiger partial charge in [-0.25, -0.2) is 4.79 Å². The number of hydrogen-bond donors (Lipinski definition) is 2. The first-order valence-corrected chi connectivity index (χ1v) is 7.11. The third-order valence-electron chi connectivity index (χ3n) is 2.90. The molecule has 112 valence electrons. The van der Waals surface area contributed by atoms with Gasteiger partial charge in [-0.3, -0.25) is 0 Å². The zero-order chi connectivity index (χ0) is 15.0. The van der Waals surface area contributed by atoms with Crippen LogP contribution in [0.1, 0.15) is 22.3 Å². The minimum absolute atomic E-state index is 0.0946. The Morgan fingerprint density at radius 1 is 1.45 bits per heavy atom. The number of hydrogen-bond acceptors (Lipinski definition) is 5. The first-order chi connectivity index (χ1) is 9.62. The molecule has 0 aliphatic heterocycles. The molecule has 0 radical (unpaired) electrons. The summed E-state index contributed by atoms with van der Waals surface area (Å²) in [6.45, 7) is 1.28. The Labute approximate surface area is 127 Å². The van der Waals surface area contributed by atoms with Crippen LogP contribution in [0.2, 0.25) is 0 Å². The lowest BCUT2D eigenvalue weighted by molar-refractivity contribution is 0.0600. The average Bonchev–Trinajstić information content (AvgIpc) is 2.45. The van der Waals surface area contributed by atoms with Gasteiger partial charge in [-0.2, -0.15) is 0 Å². The normalized spacial score (nSPS) is 12.2. The van der Waals surface area contributed by atoms with Crippen LogP contribution in [0, 0.1) is 0 Å². The summed E-state index contributed by atoms with van der Waals surface area (Å²) in [5.74, 6) is -0.359. The number of ether oxygens (including phenoxy) is 2. The quantitative estimate of drug-likeness (QED) is 0.702. The molecule has 0 aliphatic rings. The van der Waals surface area contributed by atoms with E-state index in [1.54, 1.807) is 19.2 Å². The zero-order valence-corrected chi connectivity index (χ0v) is 13.3. The first-order valence-electron chi connectivity index (χ1n) is 6.32. The van der Waals surface area contributed by atoms with Crippen LogP contribution >= 0.6 is 15.9 Å². The van der Waals surface area contributed by atoms with Gasteiger partial charge >= 0.3 is 5.97 Å². The number of rotatable bonds is 8. The largest absolute Gasteiger partial charge is 0.465 e. The molecule has 0 spiro atoms. The molecule has 0 bridgehead atoms. The third kappa shape index (κ3) is 5.20. The Kier molecular flexibility index (Phi) is 7.76. The van der Waals surface area contributed by atoms with Crippen molar-refractivity contribution >= 4 is 21.9 Å². The topological polar surface area (TPSA) is 67.8 Å². The first kappa shape index (κ1) is 17.1. The molecule has 0 amide bonds. The summed E-state index contributed by atoms with van der Waals surface area (Å²) in [4.78, 5) is 11.4. The summed E-state index contributed by atoms with van der Waals surface area (Å²) in [6.07, 6.45) is 0.631. The minimum Gasteiger partial charge on any atom is -0.465 e. The van der Waals surface area contributed by atoms with Crippen molar-refractivity contribution in [1.82, 2.24) is 5.32 Å². The zero-order valence-electron chi connectivity index (χ0n) is 11.7. The molecule has 0 aromatic heterocycles. The van der Waals surface area contributed by atoms with E-state index in [9.17, 15) is 4.79 Å². The van der Waals surface area contributed by atoms with Gasteiger partial charge in [0.05, 0.1) is 19.3 Å². The summed E-state index contributed by atoms with van der Waals surface area (Å²) < 4.78 is 10.6. The van der Waals surface area contributed by atoms with Crippen molar-refractivity contribution in [2.75, 3.05) is 27.4 Å². The molecule has 2 N–H and O–H groups in total. The number of benzene rings is 1. The standard InChI is InChI=1S/C14H20BrNO4/c1-19-9-12(5-6-17)16-8-11-4-3-10(7-13(11)15)14(18)20-2/h3-4,7,12,16-17H,5-6,8-9H2,1-2H3. The Morgan fingerprint density at radius 3 is 2.75 bits per heavy atom. The number of carbonyl (C=O) groups is 1. The minimum atomic E-state index is -0.359. The van der Waals surface area contributed by atoms with E-state index in [1.807, 2.05) is 6.07 Å². The van der Waals surface area contributed by atoms with Gasteiger partial charge in [0.2, 0.25) is 0 Å². The van der Waals surface area contributed by atoms with E-state index >= 15 is 0 Å². The fourth-order valence-corrected chi connectivity index (χ4v) is 2.31. The number of aliphatic hydroxyl groups excluding tert-OH is 1. The van der Waals surface area contributed by atoms with Gasteiger partial charge in [0.25, 0.3) is 0 Å². The van der Waals surface area contributed by atoms with E-state index in [4.69, 9.17) is 9.84 Å². The number of esters is 1. The van der Waals surface area contributed by atoms with Crippen molar-refractivity contribution in [1.29, 1.82) is 0 Å². The van der Waals surface area contributed by atoms with Crippen molar-refractivity contribution < 1.29 is 19.4 Å². The van der Waals surface area contributed by atoms with E-state index in [0.717, 1.165) is 10.0 Å². The predicted octanol–water partition coefficient (Wildman–Crippen LogP) is 1.72. The molecule has 0 fully saturated rings. The average molecular weight is 346 g/mol. The molecule has 1 unspecified atom stereocenters. The van der Waals surface area contributed by atoms with Gasteiger partial charge in [0, 0.05) is 30.8 Å². The summed E-state index contributed by atoms with van der Waals surface area (Å²) in [7, 11) is 2.99. The second-order valence-electron chi connectivity index (χ2n) is 4.34. The summed E-state index contributed by atoms with van der Waals surface area (Å²) in [6, 6.07) is 5.43. The highest BCUT2D eigenvalue weighted by molar-refractivity contribution is 9.10. The van der Waals surface area contributed by atoms with Crippen LogP contribution in [-0.4, -0.2) is 44.6 Å². The van der Waals surface area contributed by atoms with Crippen LogP contribution < -0.4 is 5.32 Å². The summed E-state index contributed by atoms with van der Waals surface area (Å²) >= 11 is 3.44. The molecular weight excluding hydrogens is 326 g/mol. The molecule has 1 aromatic rings. The molecule has 1 aromatic carbocycles. The van der Waals surface area contributed by atoms with Gasteiger partial charge in [-0.1, -0.05) is 22.0 Å². The highest BCUT2D eigenvalue weighted by Gasteiger charge is 2.11. The van der Waals surface area contributed by atoms with Crippen LogP contribution in [0.3, 0.4) is 0 Å². The maximum Gasteiger partial charge on any atom is 0.337 e. The highest BCUT2D eigenvalue weighted by Crippen LogP contribution is 2.19. The highest BCUT2D eigenvalue weighted by atomic mass is 79.9. The van der Waals surface area contributed by atoms with E-state index in [-0.39, 0.29) is 18.6 Å². The van der Waals surface area contributed by atoms with Crippen molar-refractivity contribution in [3.05, 3.63) is 33.8 Å². The monoisotopic (exact) mass is 345 g/mol. The number of carbonyl (C=O) groups excluding carboxylic acids is 1. The Morgan fingerprint density at radius 2 is 2.20 bits per heavy atom. The molecule has 0 saturated carbocycles. The van der Waals surface area contributed by atoms with E-state index in [0.29, 0.717) is 25.1 Å². The SMILES string of the molecule is COCC(CCO)NCc1ccc(C(=O)OC)cc1Br. The van der Waals surface area contributed by atoms with Gasteiger partial charge in [-0.05, 0) is 24.1 Å².